The monoisotopic (exact) mass is 390 g/mol. The molecule has 1 aromatic carbocycles. The van der Waals surface area contributed by atoms with E-state index in [1.54, 1.807) is 4.90 Å². The first kappa shape index (κ1) is 22.0. The Morgan fingerprint density at radius 3 is 2.43 bits per heavy atom. The van der Waals surface area contributed by atoms with Crippen molar-refractivity contribution in [1.82, 2.24) is 15.5 Å². The lowest BCUT2D eigenvalue weighted by atomic mass is 9.96. The van der Waals surface area contributed by atoms with Gasteiger partial charge in [0.1, 0.15) is 0 Å². The highest BCUT2D eigenvalue weighted by atomic mass is 16.5. The zero-order valence-electron chi connectivity index (χ0n) is 17.4. The number of amides is 3. The fraction of sp³-hybridized carbons (Fsp3) is 0.619. The van der Waals surface area contributed by atoms with Crippen molar-refractivity contribution < 1.29 is 14.3 Å². The SMILES string of the molecule is CCOCCCNC(=O)C1CCN(C(=O)NCc2ccc(N(C)C)cc2)CC1. The second-order valence-corrected chi connectivity index (χ2v) is 7.32. The van der Waals surface area contributed by atoms with Crippen molar-refractivity contribution in [3.63, 3.8) is 0 Å². The lowest BCUT2D eigenvalue weighted by Gasteiger charge is -2.31. The topological polar surface area (TPSA) is 73.9 Å². The fourth-order valence-electron chi connectivity index (χ4n) is 3.22. The molecule has 1 aliphatic rings. The number of nitrogens with zero attached hydrogens (tertiary/aromatic N) is 2. The van der Waals surface area contributed by atoms with E-state index in [4.69, 9.17) is 4.74 Å². The van der Waals surface area contributed by atoms with E-state index in [1.165, 1.54) is 0 Å². The van der Waals surface area contributed by atoms with Crippen LogP contribution in [0.4, 0.5) is 10.5 Å². The molecule has 1 aromatic rings. The number of hydrogen-bond donors (Lipinski definition) is 2. The Balaban J connectivity index is 1.66. The second-order valence-electron chi connectivity index (χ2n) is 7.32. The highest BCUT2D eigenvalue weighted by Crippen LogP contribution is 2.18. The highest BCUT2D eigenvalue weighted by molar-refractivity contribution is 5.79. The van der Waals surface area contributed by atoms with Gasteiger partial charge in [-0.3, -0.25) is 4.79 Å². The van der Waals surface area contributed by atoms with Crippen LogP contribution in [0.2, 0.25) is 0 Å². The van der Waals surface area contributed by atoms with E-state index >= 15 is 0 Å². The van der Waals surface area contributed by atoms with Crippen LogP contribution >= 0.6 is 0 Å². The molecule has 1 heterocycles. The van der Waals surface area contributed by atoms with E-state index in [2.05, 4.69) is 10.6 Å². The highest BCUT2D eigenvalue weighted by Gasteiger charge is 2.26. The molecule has 3 amide bonds. The van der Waals surface area contributed by atoms with Gasteiger partial charge in [-0.1, -0.05) is 12.1 Å². The molecule has 0 bridgehead atoms. The minimum absolute atomic E-state index is 0.00489. The fourth-order valence-corrected chi connectivity index (χ4v) is 3.22. The summed E-state index contributed by atoms with van der Waals surface area (Å²) in [4.78, 5) is 28.4. The van der Waals surface area contributed by atoms with Gasteiger partial charge in [0.25, 0.3) is 0 Å². The zero-order valence-corrected chi connectivity index (χ0v) is 17.4. The van der Waals surface area contributed by atoms with Crippen LogP contribution in [0, 0.1) is 5.92 Å². The largest absolute Gasteiger partial charge is 0.382 e. The van der Waals surface area contributed by atoms with Crippen LogP contribution in [0.15, 0.2) is 24.3 Å². The lowest BCUT2D eigenvalue weighted by molar-refractivity contribution is -0.126. The third-order valence-electron chi connectivity index (χ3n) is 5.02. The summed E-state index contributed by atoms with van der Waals surface area (Å²) in [5.41, 5.74) is 2.20. The van der Waals surface area contributed by atoms with Crippen molar-refractivity contribution in [3.05, 3.63) is 29.8 Å². The quantitative estimate of drug-likeness (QED) is 0.634. The summed E-state index contributed by atoms with van der Waals surface area (Å²) < 4.78 is 5.27. The van der Waals surface area contributed by atoms with Crippen LogP contribution in [0.5, 0.6) is 0 Å². The maximum Gasteiger partial charge on any atom is 0.317 e. The van der Waals surface area contributed by atoms with Gasteiger partial charge >= 0.3 is 6.03 Å². The van der Waals surface area contributed by atoms with E-state index in [0.29, 0.717) is 52.2 Å². The van der Waals surface area contributed by atoms with E-state index in [1.807, 2.05) is 50.2 Å². The molecule has 1 aliphatic heterocycles. The molecule has 0 spiro atoms. The van der Waals surface area contributed by atoms with Crippen LogP contribution in [-0.2, 0) is 16.1 Å². The first-order valence-electron chi connectivity index (χ1n) is 10.2. The van der Waals surface area contributed by atoms with Crippen molar-refractivity contribution in [3.8, 4) is 0 Å². The average Bonchev–Trinajstić information content (AvgIpc) is 2.72. The number of piperidine rings is 1. The summed E-state index contributed by atoms with van der Waals surface area (Å²) in [6, 6.07) is 8.07. The number of rotatable bonds is 9. The minimum atomic E-state index is -0.0627. The average molecular weight is 391 g/mol. The maximum atomic E-state index is 12.4. The predicted octanol–water partition coefficient (Wildman–Crippen LogP) is 2.22. The number of urea groups is 1. The van der Waals surface area contributed by atoms with Crippen LogP contribution in [0.3, 0.4) is 0 Å². The molecule has 0 atom stereocenters. The molecule has 1 fully saturated rings. The van der Waals surface area contributed by atoms with Crippen molar-refractivity contribution in [2.45, 2.75) is 32.7 Å². The van der Waals surface area contributed by atoms with Gasteiger partial charge in [-0.05, 0) is 43.9 Å². The lowest BCUT2D eigenvalue weighted by Crippen LogP contribution is -2.46. The Morgan fingerprint density at radius 2 is 1.82 bits per heavy atom. The number of hydrogen-bond acceptors (Lipinski definition) is 4. The number of carbonyl (C=O) groups excluding carboxylic acids is 2. The molecule has 7 nitrogen and oxygen atoms in total. The molecule has 7 heteroatoms. The number of ether oxygens (including phenoxy) is 1. The third-order valence-corrected chi connectivity index (χ3v) is 5.02. The molecule has 28 heavy (non-hydrogen) atoms. The molecule has 0 radical (unpaired) electrons. The number of benzene rings is 1. The summed E-state index contributed by atoms with van der Waals surface area (Å²) in [6.07, 6.45) is 2.25. The Hall–Kier alpha value is -2.28. The molecule has 1 saturated heterocycles. The van der Waals surface area contributed by atoms with Crippen LogP contribution in [-0.4, -0.2) is 63.8 Å². The predicted molar refractivity (Wildman–Crippen MR) is 111 cm³/mol. The summed E-state index contributed by atoms with van der Waals surface area (Å²) in [5.74, 6) is 0.0901. The summed E-state index contributed by atoms with van der Waals surface area (Å²) in [6.45, 7) is 5.72. The smallest absolute Gasteiger partial charge is 0.317 e. The standard InChI is InChI=1S/C21H34N4O3/c1-4-28-15-5-12-22-20(26)18-10-13-25(14-11-18)21(27)23-16-17-6-8-19(9-7-17)24(2)3/h6-9,18H,4-5,10-16H2,1-3H3,(H,22,26)(H,23,27). The van der Waals surface area contributed by atoms with Crippen molar-refractivity contribution in [2.24, 2.45) is 5.92 Å². The molecule has 0 aromatic heterocycles. The van der Waals surface area contributed by atoms with Gasteiger partial charge < -0.3 is 25.2 Å². The van der Waals surface area contributed by atoms with E-state index in [0.717, 1.165) is 17.7 Å². The van der Waals surface area contributed by atoms with Crippen LogP contribution in [0.25, 0.3) is 0 Å². The van der Waals surface area contributed by atoms with Crippen LogP contribution < -0.4 is 15.5 Å². The third kappa shape index (κ3) is 7.03. The number of anilines is 1. The molecule has 0 aliphatic carbocycles. The van der Waals surface area contributed by atoms with Gasteiger partial charge in [0, 0.05) is 65.1 Å². The molecule has 2 N–H and O–H groups in total. The molecule has 156 valence electrons. The van der Waals surface area contributed by atoms with E-state index in [-0.39, 0.29) is 17.9 Å². The van der Waals surface area contributed by atoms with E-state index in [9.17, 15) is 9.59 Å². The Bertz CT molecular complexity index is 611. The van der Waals surface area contributed by atoms with Gasteiger partial charge in [-0.2, -0.15) is 0 Å². The van der Waals surface area contributed by atoms with Gasteiger partial charge in [0.05, 0.1) is 0 Å². The number of likely N-dealkylation sites (tertiary alicyclic amines) is 1. The summed E-state index contributed by atoms with van der Waals surface area (Å²) in [7, 11) is 4.00. The first-order valence-corrected chi connectivity index (χ1v) is 10.2. The molecule has 0 unspecified atom stereocenters. The second kappa shape index (κ2) is 11.5. The Kier molecular flexibility index (Phi) is 9.07. The number of nitrogens with one attached hydrogen (secondary N) is 2. The van der Waals surface area contributed by atoms with Crippen LogP contribution in [0.1, 0.15) is 31.7 Å². The van der Waals surface area contributed by atoms with Gasteiger partial charge in [0.15, 0.2) is 0 Å². The Morgan fingerprint density at radius 1 is 1.14 bits per heavy atom. The molecular weight excluding hydrogens is 356 g/mol. The zero-order chi connectivity index (χ0) is 20.4. The summed E-state index contributed by atoms with van der Waals surface area (Å²) >= 11 is 0. The van der Waals surface area contributed by atoms with Crippen molar-refractivity contribution in [2.75, 3.05) is 51.8 Å². The van der Waals surface area contributed by atoms with Crippen molar-refractivity contribution >= 4 is 17.6 Å². The molecule has 2 rings (SSSR count). The normalized spacial score (nSPS) is 14.6. The maximum absolute atomic E-state index is 12.4. The van der Waals surface area contributed by atoms with Gasteiger partial charge in [-0.25, -0.2) is 4.79 Å². The van der Waals surface area contributed by atoms with Gasteiger partial charge in [-0.15, -0.1) is 0 Å². The van der Waals surface area contributed by atoms with Crippen molar-refractivity contribution in [1.29, 1.82) is 0 Å². The first-order chi connectivity index (χ1) is 13.5. The van der Waals surface area contributed by atoms with E-state index < -0.39 is 0 Å². The minimum Gasteiger partial charge on any atom is -0.382 e. The Labute approximate surface area is 168 Å². The summed E-state index contributed by atoms with van der Waals surface area (Å²) in [5, 5.41) is 5.95. The number of carbonyl (C=O) groups is 2. The molecule has 0 saturated carbocycles. The molecular formula is C21H34N4O3. The van der Waals surface area contributed by atoms with Gasteiger partial charge in [0.2, 0.25) is 5.91 Å².